The molecule has 10 heteroatoms. The van der Waals surface area contributed by atoms with E-state index >= 15 is 0 Å². The van der Waals surface area contributed by atoms with Crippen LogP contribution in [0.25, 0.3) is 6.08 Å². The van der Waals surface area contributed by atoms with Crippen LogP contribution in [0.15, 0.2) is 83.4 Å². The molecule has 2 heterocycles. The third-order valence-corrected chi connectivity index (χ3v) is 9.95. The quantitative estimate of drug-likeness (QED) is 0.100. The summed E-state index contributed by atoms with van der Waals surface area (Å²) in [4.78, 5) is 29.1. The molecule has 45 heavy (non-hydrogen) atoms. The van der Waals surface area contributed by atoms with Gasteiger partial charge in [-0.15, -0.1) is 0 Å². The number of carbonyl (C=O) groups excluding carboxylic acids is 2. The first-order valence-electron chi connectivity index (χ1n) is 15.2. The third-order valence-electron chi connectivity index (χ3n) is 9.12. The summed E-state index contributed by atoms with van der Waals surface area (Å²) in [5.41, 5.74) is 6.53. The number of aromatic hydroxyl groups is 1. The molecule has 2 fully saturated rings. The highest BCUT2D eigenvalue weighted by Crippen LogP contribution is 2.51. The van der Waals surface area contributed by atoms with E-state index in [9.17, 15) is 19.7 Å². The van der Waals surface area contributed by atoms with E-state index < -0.39 is 19.0 Å². The van der Waals surface area contributed by atoms with Crippen LogP contribution in [-0.2, 0) is 14.2 Å². The summed E-state index contributed by atoms with van der Waals surface area (Å²) in [7, 11) is 0.517. The van der Waals surface area contributed by atoms with E-state index in [-0.39, 0.29) is 35.9 Å². The number of nitrogens with one attached hydrogen (secondary N) is 1. The SMILES string of the molecule is COc1cc(/C=C(\C)CC[C@H]2OB(O)C[C@H]3C2=C(C)C[C@H]2C(=O)N(c4ccc(Nc5ccccc5)cc4)C(=O)[C@H]23)cc(I)c1O. The average Bonchev–Trinajstić information content (AvgIpc) is 3.27. The number of allylic oxidation sites excluding steroid dienone is 2. The first-order chi connectivity index (χ1) is 21.6. The molecule has 2 amide bonds. The molecule has 2 saturated heterocycles. The van der Waals surface area contributed by atoms with Crippen molar-refractivity contribution >= 4 is 64.7 Å². The fourth-order valence-electron chi connectivity index (χ4n) is 7.10. The van der Waals surface area contributed by atoms with Crippen molar-refractivity contribution in [3.05, 3.63) is 92.6 Å². The molecule has 3 aromatic rings. The molecule has 0 radical (unpaired) electrons. The number of para-hydroxylation sites is 1. The number of phenols is 1. The van der Waals surface area contributed by atoms with Crippen molar-refractivity contribution in [1.29, 1.82) is 0 Å². The Kier molecular flexibility index (Phi) is 9.08. The van der Waals surface area contributed by atoms with Crippen molar-refractivity contribution in [2.75, 3.05) is 17.3 Å². The smallest absolute Gasteiger partial charge is 0.455 e. The lowest BCUT2D eigenvalue weighted by Crippen LogP contribution is -2.46. The van der Waals surface area contributed by atoms with Gasteiger partial charge in [-0.25, -0.2) is 0 Å². The molecule has 232 valence electrons. The molecule has 3 aromatic carbocycles. The van der Waals surface area contributed by atoms with Crippen molar-refractivity contribution in [2.24, 2.45) is 17.8 Å². The summed E-state index contributed by atoms with van der Waals surface area (Å²) in [6, 6.07) is 20.9. The van der Waals surface area contributed by atoms with Gasteiger partial charge in [-0.05, 0) is 128 Å². The number of hydrogen-bond acceptors (Lipinski definition) is 7. The first kappa shape index (κ1) is 31.4. The van der Waals surface area contributed by atoms with Crippen LogP contribution in [0.4, 0.5) is 17.1 Å². The number of methoxy groups -OCH3 is 1. The van der Waals surface area contributed by atoms with Gasteiger partial charge < -0.3 is 24.8 Å². The molecule has 1 aliphatic carbocycles. The molecule has 0 spiro atoms. The molecule has 0 saturated carbocycles. The second-order valence-corrected chi connectivity index (χ2v) is 13.3. The topological polar surface area (TPSA) is 108 Å². The zero-order valence-corrected chi connectivity index (χ0v) is 27.7. The zero-order chi connectivity index (χ0) is 31.8. The minimum atomic E-state index is -1.01. The number of anilines is 3. The fraction of sp³-hybridized carbons (Fsp3) is 0.314. The number of imide groups is 1. The van der Waals surface area contributed by atoms with Crippen LogP contribution >= 0.6 is 22.6 Å². The number of phenolic OH excluding ortho intramolecular Hbond substituents is 1. The molecular weight excluding hydrogens is 682 g/mol. The highest BCUT2D eigenvalue weighted by atomic mass is 127. The Labute approximate surface area is 277 Å². The minimum Gasteiger partial charge on any atom is -0.504 e. The van der Waals surface area contributed by atoms with Crippen LogP contribution in [-0.4, -0.2) is 42.3 Å². The fourth-order valence-corrected chi connectivity index (χ4v) is 7.73. The number of ether oxygens (including phenoxy) is 1. The van der Waals surface area contributed by atoms with Crippen LogP contribution in [0.5, 0.6) is 11.5 Å². The number of amides is 2. The lowest BCUT2D eigenvalue weighted by atomic mass is 9.59. The first-order valence-corrected chi connectivity index (χ1v) is 16.3. The number of halogens is 1. The van der Waals surface area contributed by atoms with Gasteiger partial charge in [0.05, 0.1) is 34.3 Å². The van der Waals surface area contributed by atoms with E-state index in [0.29, 0.717) is 34.3 Å². The predicted octanol–water partition coefficient (Wildman–Crippen LogP) is 6.95. The largest absolute Gasteiger partial charge is 0.504 e. The Hall–Kier alpha value is -3.61. The van der Waals surface area contributed by atoms with Gasteiger partial charge in [0.2, 0.25) is 11.8 Å². The molecule has 2 aliphatic heterocycles. The van der Waals surface area contributed by atoms with Crippen LogP contribution in [0.1, 0.15) is 38.7 Å². The summed E-state index contributed by atoms with van der Waals surface area (Å²) in [5, 5.41) is 24.3. The standard InChI is InChI=1S/C35H36BIN2O6/c1-20(15-22-17-28(37)33(40)30(18-22)44-3)9-14-29-31-21(2)16-26-32(27(31)19-36(43)45-29)35(42)39(34(26)41)25-12-10-24(11-13-25)38-23-7-5-4-6-8-23/h4-8,10-13,15,17-18,26-27,29,32,38,40,43H,9,14,16,19H2,1-3H3/b20-15+/t26-,27+,29-,32-/m1/s1. The van der Waals surface area contributed by atoms with Crippen molar-refractivity contribution in [2.45, 2.75) is 45.5 Å². The number of carbonyl (C=O) groups is 2. The van der Waals surface area contributed by atoms with Gasteiger partial charge in [0.25, 0.3) is 0 Å². The lowest BCUT2D eigenvalue weighted by molar-refractivity contribution is -0.122. The van der Waals surface area contributed by atoms with Crippen LogP contribution in [0.3, 0.4) is 0 Å². The van der Waals surface area contributed by atoms with Gasteiger partial charge in [-0.2, -0.15) is 0 Å². The maximum absolute atomic E-state index is 14.0. The molecule has 3 aliphatic rings. The molecule has 0 unspecified atom stereocenters. The third kappa shape index (κ3) is 6.28. The van der Waals surface area contributed by atoms with Crippen LogP contribution in [0, 0.1) is 21.3 Å². The van der Waals surface area contributed by atoms with Crippen molar-refractivity contribution in [1.82, 2.24) is 0 Å². The molecule has 0 aromatic heterocycles. The predicted molar refractivity (Wildman–Crippen MR) is 184 cm³/mol. The van der Waals surface area contributed by atoms with E-state index in [1.54, 1.807) is 18.2 Å². The van der Waals surface area contributed by atoms with Crippen LogP contribution in [0.2, 0.25) is 6.32 Å². The second-order valence-electron chi connectivity index (χ2n) is 12.1. The highest BCUT2D eigenvalue weighted by molar-refractivity contribution is 14.1. The molecule has 3 N–H and O–H groups in total. The Bertz CT molecular complexity index is 1680. The summed E-state index contributed by atoms with van der Waals surface area (Å²) in [6.45, 7) is 4.07. The Morgan fingerprint density at radius 1 is 1.09 bits per heavy atom. The second kappa shape index (κ2) is 13.0. The van der Waals surface area contributed by atoms with E-state index in [4.69, 9.17) is 9.39 Å². The van der Waals surface area contributed by atoms with E-state index in [0.717, 1.165) is 33.7 Å². The van der Waals surface area contributed by atoms with E-state index in [1.807, 2.05) is 62.4 Å². The van der Waals surface area contributed by atoms with Crippen molar-refractivity contribution in [3.63, 3.8) is 0 Å². The maximum atomic E-state index is 14.0. The number of hydrogen-bond donors (Lipinski definition) is 3. The number of nitrogens with zero attached hydrogens (tertiary/aromatic N) is 1. The van der Waals surface area contributed by atoms with E-state index in [1.165, 1.54) is 12.0 Å². The summed E-state index contributed by atoms with van der Waals surface area (Å²) < 4.78 is 12.1. The molecule has 6 rings (SSSR count). The van der Waals surface area contributed by atoms with Gasteiger partial charge in [0.1, 0.15) is 0 Å². The van der Waals surface area contributed by atoms with Gasteiger partial charge in [0, 0.05) is 11.4 Å². The highest BCUT2D eigenvalue weighted by Gasteiger charge is 2.57. The summed E-state index contributed by atoms with van der Waals surface area (Å²) >= 11 is 2.08. The van der Waals surface area contributed by atoms with Crippen LogP contribution < -0.4 is 15.0 Å². The molecule has 0 bridgehead atoms. The number of fused-ring (bicyclic) bond motifs is 3. The molecular formula is C35H36BIN2O6. The maximum Gasteiger partial charge on any atom is 0.455 e. The number of rotatable bonds is 8. The molecule has 4 atom stereocenters. The van der Waals surface area contributed by atoms with Crippen molar-refractivity contribution < 1.29 is 29.1 Å². The van der Waals surface area contributed by atoms with Gasteiger partial charge >= 0.3 is 7.12 Å². The Morgan fingerprint density at radius 2 is 1.80 bits per heavy atom. The van der Waals surface area contributed by atoms with E-state index in [2.05, 4.69) is 34.0 Å². The number of benzene rings is 3. The normalized spacial score (nSPS) is 23.3. The summed E-state index contributed by atoms with van der Waals surface area (Å²) in [5.74, 6) is -1.08. The zero-order valence-electron chi connectivity index (χ0n) is 25.5. The van der Waals surface area contributed by atoms with Crippen molar-refractivity contribution in [3.8, 4) is 11.5 Å². The van der Waals surface area contributed by atoms with Gasteiger partial charge in [0.15, 0.2) is 11.5 Å². The average molecular weight is 718 g/mol. The monoisotopic (exact) mass is 718 g/mol. The Balaban J connectivity index is 1.19. The van der Waals surface area contributed by atoms with Gasteiger partial charge in [-0.1, -0.05) is 35.4 Å². The summed E-state index contributed by atoms with van der Waals surface area (Å²) in [6.07, 6.45) is 3.83. The Morgan fingerprint density at radius 3 is 2.51 bits per heavy atom. The lowest BCUT2D eigenvalue weighted by Gasteiger charge is -2.42. The van der Waals surface area contributed by atoms with Gasteiger partial charge in [-0.3, -0.25) is 14.5 Å². The molecule has 8 nitrogen and oxygen atoms in total. The minimum absolute atomic E-state index is 0.122.